The van der Waals surface area contributed by atoms with Crippen molar-refractivity contribution in [3.63, 3.8) is 0 Å². The van der Waals surface area contributed by atoms with E-state index >= 15 is 0 Å². The number of hydrogen-bond donors (Lipinski definition) is 0. The van der Waals surface area contributed by atoms with Gasteiger partial charge < -0.3 is 52.1 Å². The molecule has 11 nitrogen and oxygen atoms in total. The third kappa shape index (κ3) is 10.2. The molecule has 0 aromatic heterocycles. The molecule has 0 saturated carbocycles. The Balaban J connectivity index is 1.14. The minimum atomic E-state index is -0.978. The summed E-state index contributed by atoms with van der Waals surface area (Å²) in [6.07, 6.45) is -6.67. The average Bonchev–Trinajstić information content (AvgIpc) is 3.85. The second kappa shape index (κ2) is 18.1. The Morgan fingerprint density at radius 1 is 0.509 bits per heavy atom. The number of fused-ring (bicyclic) bond motifs is 1. The van der Waals surface area contributed by atoms with Crippen molar-refractivity contribution in [3.8, 4) is 0 Å². The SMILES string of the molecule is CC1(C)O[C@@H]2O[C@H]([C@H]3COC(C)(C)O3)[C@H](O[C@H]3O[C@H](COCc4ccccc4)[C@@H](OCc4ccccc4)[C@H](OCc4ccccc4)[C@H]3OCc3ccccc3)[C@H]2O1. The molecule has 4 aromatic rings. The Morgan fingerprint density at radius 2 is 1.02 bits per heavy atom. The molecule has 4 fully saturated rings. The van der Waals surface area contributed by atoms with Crippen molar-refractivity contribution in [2.75, 3.05) is 13.2 Å². The molecule has 4 heterocycles. The maximum atomic E-state index is 7.14. The van der Waals surface area contributed by atoms with Crippen LogP contribution in [0, 0.1) is 0 Å². The molecule has 0 unspecified atom stereocenters. The van der Waals surface area contributed by atoms with Crippen LogP contribution < -0.4 is 0 Å². The van der Waals surface area contributed by atoms with E-state index in [1.165, 1.54) is 0 Å². The maximum Gasteiger partial charge on any atom is 0.190 e. The fourth-order valence-corrected chi connectivity index (χ4v) is 7.85. The zero-order valence-corrected chi connectivity index (χ0v) is 33.1. The van der Waals surface area contributed by atoms with E-state index in [-0.39, 0.29) is 13.2 Å². The molecule has 0 aliphatic carbocycles. The molecule has 11 heteroatoms. The minimum absolute atomic E-state index is 0.196. The first-order valence-electron chi connectivity index (χ1n) is 19.9. The molecule has 4 aromatic carbocycles. The topological polar surface area (TPSA) is 102 Å². The molecule has 4 aliphatic rings. The van der Waals surface area contributed by atoms with Gasteiger partial charge >= 0.3 is 0 Å². The lowest BCUT2D eigenvalue weighted by Gasteiger charge is -2.47. The zero-order valence-electron chi connectivity index (χ0n) is 33.1. The minimum Gasteiger partial charge on any atom is -0.374 e. The lowest BCUT2D eigenvalue weighted by atomic mass is 9.97. The molecule has 0 amide bonds. The predicted octanol–water partition coefficient (Wildman–Crippen LogP) is 7.10. The molecule has 0 spiro atoms. The highest BCUT2D eigenvalue weighted by molar-refractivity contribution is 5.16. The van der Waals surface area contributed by atoms with Crippen LogP contribution in [0.5, 0.6) is 0 Å². The Morgan fingerprint density at radius 3 is 1.54 bits per heavy atom. The molecule has 0 bridgehead atoms. The molecule has 8 rings (SSSR count). The van der Waals surface area contributed by atoms with Gasteiger partial charge in [0.05, 0.1) is 39.6 Å². The summed E-state index contributed by atoms with van der Waals surface area (Å²) in [5.74, 6) is -1.68. The summed E-state index contributed by atoms with van der Waals surface area (Å²) in [5.41, 5.74) is 4.06. The van der Waals surface area contributed by atoms with Crippen LogP contribution >= 0.6 is 0 Å². The fraction of sp³-hybridized carbons (Fsp3) is 0.478. The van der Waals surface area contributed by atoms with Crippen LogP contribution in [0.2, 0.25) is 0 Å². The second-order valence-corrected chi connectivity index (χ2v) is 15.9. The first-order valence-corrected chi connectivity index (χ1v) is 19.9. The molecule has 0 radical (unpaired) electrons. The van der Waals surface area contributed by atoms with E-state index in [1.807, 2.05) is 149 Å². The highest BCUT2D eigenvalue weighted by Crippen LogP contribution is 2.44. The molecular formula is C46H54O11. The van der Waals surface area contributed by atoms with Gasteiger partial charge in [0.2, 0.25) is 0 Å². The molecule has 57 heavy (non-hydrogen) atoms. The van der Waals surface area contributed by atoms with Crippen molar-refractivity contribution in [3.05, 3.63) is 144 Å². The van der Waals surface area contributed by atoms with Gasteiger partial charge in [0.25, 0.3) is 0 Å². The van der Waals surface area contributed by atoms with Gasteiger partial charge in [-0.3, -0.25) is 0 Å². The van der Waals surface area contributed by atoms with Crippen LogP contribution in [0.15, 0.2) is 121 Å². The molecule has 0 N–H and O–H groups in total. The molecule has 10 atom stereocenters. The summed E-state index contributed by atoms with van der Waals surface area (Å²) >= 11 is 0. The van der Waals surface area contributed by atoms with E-state index in [2.05, 4.69) is 0 Å². The van der Waals surface area contributed by atoms with E-state index in [4.69, 9.17) is 52.1 Å². The summed E-state index contributed by atoms with van der Waals surface area (Å²) in [6.45, 7) is 9.30. The Labute approximate surface area is 335 Å². The van der Waals surface area contributed by atoms with Gasteiger partial charge in [0.15, 0.2) is 24.2 Å². The lowest BCUT2D eigenvalue weighted by Crippen LogP contribution is -2.63. The maximum absolute atomic E-state index is 7.14. The van der Waals surface area contributed by atoms with Gasteiger partial charge in [0.1, 0.15) is 48.8 Å². The Bertz CT molecular complexity index is 1810. The van der Waals surface area contributed by atoms with E-state index in [0.29, 0.717) is 26.4 Å². The van der Waals surface area contributed by atoms with Crippen molar-refractivity contribution in [1.29, 1.82) is 0 Å². The predicted molar refractivity (Wildman–Crippen MR) is 208 cm³/mol. The van der Waals surface area contributed by atoms with Crippen LogP contribution in [-0.2, 0) is 78.5 Å². The monoisotopic (exact) mass is 782 g/mol. The van der Waals surface area contributed by atoms with Crippen molar-refractivity contribution in [2.45, 2.75) is 127 Å². The first-order chi connectivity index (χ1) is 27.7. The molecule has 4 aliphatic heterocycles. The van der Waals surface area contributed by atoms with Crippen LogP contribution in [0.3, 0.4) is 0 Å². The van der Waals surface area contributed by atoms with Gasteiger partial charge in [-0.2, -0.15) is 0 Å². The van der Waals surface area contributed by atoms with Gasteiger partial charge in [-0.1, -0.05) is 121 Å². The van der Waals surface area contributed by atoms with Crippen molar-refractivity contribution in [1.82, 2.24) is 0 Å². The van der Waals surface area contributed by atoms with Crippen molar-refractivity contribution < 1.29 is 52.1 Å². The molecule has 4 saturated heterocycles. The standard InChI is InChI=1S/C46H54O11/c1-45(2)51-30-36(55-45)38-40(42-44(53-38)57-46(3,4)56-42)54-43-41(50-28-34-23-15-8-16-24-34)39(49-27-33-21-13-7-14-22-33)37(48-26-32-19-11-6-12-20-32)35(52-43)29-47-25-31-17-9-5-10-18-31/h5-24,35-44H,25-30H2,1-4H3/t35-,36-,37-,38-,39+,40+,41-,42-,43-,44+/m1/s1. The van der Waals surface area contributed by atoms with Crippen LogP contribution in [0.1, 0.15) is 49.9 Å². The van der Waals surface area contributed by atoms with Crippen LogP contribution in [0.25, 0.3) is 0 Å². The number of hydrogen-bond acceptors (Lipinski definition) is 11. The van der Waals surface area contributed by atoms with E-state index in [1.54, 1.807) is 0 Å². The lowest BCUT2D eigenvalue weighted by molar-refractivity contribution is -0.345. The summed E-state index contributed by atoms with van der Waals surface area (Å²) in [4.78, 5) is 0. The van der Waals surface area contributed by atoms with Gasteiger partial charge in [-0.05, 0) is 49.9 Å². The normalized spacial score (nSPS) is 31.6. The fourth-order valence-electron chi connectivity index (χ4n) is 7.85. The summed E-state index contributed by atoms with van der Waals surface area (Å²) in [6, 6.07) is 40.2. The number of ether oxygens (including phenoxy) is 11. The number of benzene rings is 4. The zero-order chi connectivity index (χ0) is 39.2. The molecular weight excluding hydrogens is 728 g/mol. The van der Waals surface area contributed by atoms with Crippen LogP contribution in [0.4, 0.5) is 0 Å². The quantitative estimate of drug-likeness (QED) is 0.116. The third-order valence-electron chi connectivity index (χ3n) is 10.6. The summed E-state index contributed by atoms with van der Waals surface area (Å²) in [5, 5.41) is 0. The van der Waals surface area contributed by atoms with Crippen molar-refractivity contribution in [2.24, 2.45) is 0 Å². The summed E-state index contributed by atoms with van der Waals surface area (Å²) < 4.78 is 72.8. The van der Waals surface area contributed by atoms with Gasteiger partial charge in [-0.15, -0.1) is 0 Å². The largest absolute Gasteiger partial charge is 0.374 e. The Hall–Kier alpha value is -3.56. The average molecular weight is 783 g/mol. The van der Waals surface area contributed by atoms with E-state index in [9.17, 15) is 0 Å². The highest BCUT2D eigenvalue weighted by Gasteiger charge is 2.61. The van der Waals surface area contributed by atoms with Gasteiger partial charge in [-0.25, -0.2) is 0 Å². The van der Waals surface area contributed by atoms with Crippen molar-refractivity contribution >= 4 is 0 Å². The van der Waals surface area contributed by atoms with Crippen LogP contribution in [-0.4, -0.2) is 86.2 Å². The molecule has 304 valence electrons. The number of rotatable bonds is 16. The highest BCUT2D eigenvalue weighted by atomic mass is 16.9. The second-order valence-electron chi connectivity index (χ2n) is 15.9. The summed E-state index contributed by atoms with van der Waals surface area (Å²) in [7, 11) is 0. The smallest absolute Gasteiger partial charge is 0.190 e. The Kier molecular flexibility index (Phi) is 12.8. The third-order valence-corrected chi connectivity index (χ3v) is 10.6. The van der Waals surface area contributed by atoms with E-state index < -0.39 is 73.0 Å². The van der Waals surface area contributed by atoms with E-state index in [0.717, 1.165) is 22.3 Å². The first kappa shape index (κ1) is 40.2. The van der Waals surface area contributed by atoms with Gasteiger partial charge in [0, 0.05) is 0 Å².